The predicted octanol–water partition coefficient (Wildman–Crippen LogP) is 2.12. The van der Waals surface area contributed by atoms with Gasteiger partial charge < -0.3 is 10.1 Å². The average Bonchev–Trinajstić information content (AvgIpc) is 3.01. The first-order valence-electron chi connectivity index (χ1n) is 6.68. The van der Waals surface area contributed by atoms with Crippen LogP contribution in [0.25, 0.3) is 0 Å². The van der Waals surface area contributed by atoms with Crippen molar-refractivity contribution in [2.75, 3.05) is 5.75 Å². The van der Waals surface area contributed by atoms with E-state index in [1.165, 1.54) is 22.8 Å². The summed E-state index contributed by atoms with van der Waals surface area (Å²) in [6, 6.07) is 7.15. The molecule has 0 saturated heterocycles. The number of hydrazone groups is 1. The van der Waals surface area contributed by atoms with Crippen LogP contribution in [0.15, 0.2) is 40.6 Å². The molecule has 2 aromatic rings. The van der Waals surface area contributed by atoms with Gasteiger partial charge in [-0.3, -0.25) is 4.79 Å². The van der Waals surface area contributed by atoms with Crippen molar-refractivity contribution in [1.29, 1.82) is 0 Å². The number of carbonyl (C=O) groups is 1. The molecule has 0 aliphatic heterocycles. The van der Waals surface area contributed by atoms with Gasteiger partial charge in [-0.15, -0.1) is 11.8 Å². The van der Waals surface area contributed by atoms with Crippen LogP contribution in [0, 0.1) is 10.1 Å². The molecule has 0 radical (unpaired) electrons. The minimum atomic E-state index is -0.682. The summed E-state index contributed by atoms with van der Waals surface area (Å²) in [6.45, 7) is 1.85. The van der Waals surface area contributed by atoms with Crippen molar-refractivity contribution in [2.24, 2.45) is 5.10 Å². The Bertz CT molecular complexity index is 761. The van der Waals surface area contributed by atoms with Crippen LogP contribution >= 0.6 is 23.4 Å². The SMILES string of the molecule is C/C(Cn1cnc([N+](=O)[O-])n1)=N/NC(=O)CSc1ccc(Cl)cc1. The molecule has 0 spiro atoms. The minimum absolute atomic E-state index is 0.186. The molecular formula is C13H13ClN6O3S. The number of rotatable bonds is 7. The lowest BCUT2D eigenvalue weighted by Crippen LogP contribution is -2.22. The van der Waals surface area contributed by atoms with Gasteiger partial charge in [0.25, 0.3) is 0 Å². The summed E-state index contributed by atoms with van der Waals surface area (Å²) in [5.74, 6) is -0.544. The Morgan fingerprint density at radius 1 is 1.46 bits per heavy atom. The van der Waals surface area contributed by atoms with Gasteiger partial charge in [-0.2, -0.15) is 9.78 Å². The molecule has 0 bridgehead atoms. The Hall–Kier alpha value is -2.46. The van der Waals surface area contributed by atoms with Crippen molar-refractivity contribution in [2.45, 2.75) is 18.4 Å². The molecule has 1 heterocycles. The standard InChI is InChI=1S/C13H13ClN6O3S/c1-9(6-19-8-15-13(18-19)20(22)23)16-17-12(21)7-24-11-4-2-10(14)3-5-11/h2-5,8H,6-7H2,1H3,(H,17,21)/b16-9-. The quantitative estimate of drug-likeness (QED) is 0.346. The average molecular weight is 369 g/mol. The van der Waals surface area contributed by atoms with Crippen LogP contribution in [-0.4, -0.2) is 37.1 Å². The molecule has 24 heavy (non-hydrogen) atoms. The summed E-state index contributed by atoms with van der Waals surface area (Å²) in [7, 11) is 0. The summed E-state index contributed by atoms with van der Waals surface area (Å²) in [5.41, 5.74) is 2.95. The first-order valence-corrected chi connectivity index (χ1v) is 8.04. The van der Waals surface area contributed by atoms with E-state index in [4.69, 9.17) is 11.6 Å². The number of nitrogens with one attached hydrogen (secondary N) is 1. The van der Waals surface area contributed by atoms with E-state index in [0.29, 0.717) is 10.7 Å². The molecule has 1 N–H and O–H groups in total. The molecule has 2 rings (SSSR count). The second kappa shape index (κ2) is 8.41. The number of aromatic nitrogens is 3. The number of halogens is 1. The van der Waals surface area contributed by atoms with Crippen LogP contribution < -0.4 is 5.43 Å². The first kappa shape index (κ1) is 17.9. The van der Waals surface area contributed by atoms with Crippen LogP contribution in [0.4, 0.5) is 5.95 Å². The number of carbonyl (C=O) groups excluding carboxylic acids is 1. The van der Waals surface area contributed by atoms with Gasteiger partial charge in [0.2, 0.25) is 12.2 Å². The van der Waals surface area contributed by atoms with Gasteiger partial charge in [0.15, 0.2) is 0 Å². The number of amides is 1. The van der Waals surface area contributed by atoms with E-state index in [2.05, 4.69) is 20.6 Å². The lowest BCUT2D eigenvalue weighted by Gasteiger charge is -2.02. The lowest BCUT2D eigenvalue weighted by atomic mass is 10.4. The summed E-state index contributed by atoms with van der Waals surface area (Å²) in [6.07, 6.45) is 1.23. The summed E-state index contributed by atoms with van der Waals surface area (Å²) in [5, 5.41) is 18.7. The molecule has 11 heteroatoms. The van der Waals surface area contributed by atoms with Gasteiger partial charge in [0.1, 0.15) is 0 Å². The zero-order valence-electron chi connectivity index (χ0n) is 12.5. The van der Waals surface area contributed by atoms with Crippen LogP contribution in [0.2, 0.25) is 5.02 Å². The van der Waals surface area contributed by atoms with Gasteiger partial charge in [0, 0.05) is 15.0 Å². The normalized spacial score (nSPS) is 11.3. The second-order valence-corrected chi connectivity index (χ2v) is 6.11. The topological polar surface area (TPSA) is 115 Å². The highest BCUT2D eigenvalue weighted by Gasteiger charge is 2.13. The minimum Gasteiger partial charge on any atom is -0.390 e. The summed E-state index contributed by atoms with van der Waals surface area (Å²) >= 11 is 7.15. The van der Waals surface area contributed by atoms with E-state index in [9.17, 15) is 14.9 Å². The smallest absolute Gasteiger partial charge is 0.390 e. The monoisotopic (exact) mass is 368 g/mol. The van der Waals surface area contributed by atoms with Gasteiger partial charge in [0.05, 0.1) is 18.0 Å². The maximum Gasteiger partial charge on any atom is 0.490 e. The van der Waals surface area contributed by atoms with E-state index in [0.717, 1.165) is 4.90 Å². The Balaban J connectivity index is 1.79. The predicted molar refractivity (Wildman–Crippen MR) is 90.1 cm³/mol. The van der Waals surface area contributed by atoms with Crippen molar-refractivity contribution >= 4 is 40.9 Å². The van der Waals surface area contributed by atoms with E-state index in [1.807, 2.05) is 12.1 Å². The number of nitrogens with zero attached hydrogens (tertiary/aromatic N) is 5. The van der Waals surface area contributed by atoms with Crippen molar-refractivity contribution in [1.82, 2.24) is 20.2 Å². The second-order valence-electron chi connectivity index (χ2n) is 4.62. The molecule has 1 aromatic heterocycles. The fraction of sp³-hybridized carbons (Fsp3) is 0.231. The molecule has 0 atom stereocenters. The number of hydrogen-bond acceptors (Lipinski definition) is 7. The van der Waals surface area contributed by atoms with Crippen LogP contribution in [0.5, 0.6) is 0 Å². The van der Waals surface area contributed by atoms with Crippen molar-refractivity contribution in [3.05, 3.63) is 45.7 Å². The molecular weight excluding hydrogens is 356 g/mol. The number of hydrogen-bond donors (Lipinski definition) is 1. The van der Waals surface area contributed by atoms with Gasteiger partial charge in [-0.25, -0.2) is 5.43 Å². The zero-order valence-corrected chi connectivity index (χ0v) is 14.1. The Labute approximate surface area is 146 Å². The molecule has 1 amide bonds. The largest absolute Gasteiger partial charge is 0.490 e. The zero-order chi connectivity index (χ0) is 17.5. The van der Waals surface area contributed by atoms with E-state index in [1.54, 1.807) is 19.1 Å². The number of nitro groups is 1. The highest BCUT2D eigenvalue weighted by atomic mass is 35.5. The van der Waals surface area contributed by atoms with Gasteiger partial charge in [-0.05, 0) is 36.1 Å². The van der Waals surface area contributed by atoms with Gasteiger partial charge in [-0.1, -0.05) is 16.6 Å². The van der Waals surface area contributed by atoms with Crippen LogP contribution in [0.3, 0.4) is 0 Å². The van der Waals surface area contributed by atoms with E-state index >= 15 is 0 Å². The molecule has 0 aliphatic carbocycles. The number of thioether (sulfide) groups is 1. The fourth-order valence-corrected chi connectivity index (χ4v) is 2.40. The fourth-order valence-electron chi connectivity index (χ4n) is 1.58. The van der Waals surface area contributed by atoms with Crippen molar-refractivity contribution in [3.8, 4) is 0 Å². The highest BCUT2D eigenvalue weighted by Crippen LogP contribution is 2.19. The highest BCUT2D eigenvalue weighted by molar-refractivity contribution is 8.00. The molecule has 0 aliphatic rings. The molecule has 1 aromatic carbocycles. The third-order valence-corrected chi connectivity index (χ3v) is 3.90. The van der Waals surface area contributed by atoms with Crippen LogP contribution in [0.1, 0.15) is 6.92 Å². The molecule has 126 valence electrons. The maximum absolute atomic E-state index is 11.7. The maximum atomic E-state index is 11.7. The van der Waals surface area contributed by atoms with E-state index < -0.39 is 10.9 Å². The number of benzene rings is 1. The molecule has 9 nitrogen and oxygen atoms in total. The molecule has 0 saturated carbocycles. The Morgan fingerprint density at radius 2 is 2.17 bits per heavy atom. The molecule has 0 unspecified atom stereocenters. The first-order chi connectivity index (χ1) is 11.4. The van der Waals surface area contributed by atoms with Gasteiger partial charge >= 0.3 is 5.95 Å². The van der Waals surface area contributed by atoms with Crippen molar-refractivity contribution in [3.63, 3.8) is 0 Å². The molecule has 0 fully saturated rings. The Morgan fingerprint density at radius 3 is 2.79 bits per heavy atom. The summed E-state index contributed by atoms with van der Waals surface area (Å²) < 4.78 is 1.27. The van der Waals surface area contributed by atoms with Crippen LogP contribution in [-0.2, 0) is 11.3 Å². The van der Waals surface area contributed by atoms with Crippen molar-refractivity contribution < 1.29 is 9.72 Å². The lowest BCUT2D eigenvalue weighted by molar-refractivity contribution is -0.394. The Kier molecular flexibility index (Phi) is 6.27. The third kappa shape index (κ3) is 5.63. The van der Waals surface area contributed by atoms with E-state index in [-0.39, 0.29) is 18.2 Å². The third-order valence-electron chi connectivity index (χ3n) is 2.63. The summed E-state index contributed by atoms with van der Waals surface area (Å²) in [4.78, 5) is 26.0.